The van der Waals surface area contributed by atoms with Gasteiger partial charge in [-0.3, -0.25) is 14.6 Å². The summed E-state index contributed by atoms with van der Waals surface area (Å²) in [5.74, 6) is 0.00291. The minimum Gasteiger partial charge on any atom is -0.334 e. The summed E-state index contributed by atoms with van der Waals surface area (Å²) in [6.07, 6.45) is 0. The van der Waals surface area contributed by atoms with E-state index >= 15 is 0 Å². The summed E-state index contributed by atoms with van der Waals surface area (Å²) in [6, 6.07) is 2.43. The number of rotatable bonds is 2. The number of H-pyrrole nitrogens is 1. The number of aromatic amines is 1. The molecule has 0 aromatic carbocycles. The van der Waals surface area contributed by atoms with Crippen molar-refractivity contribution in [1.29, 1.82) is 0 Å². The third kappa shape index (κ3) is 2.88. The number of nitrogens with zero attached hydrogens (tertiary/aromatic N) is 4. The number of piperazine rings is 1. The summed E-state index contributed by atoms with van der Waals surface area (Å²) in [4.78, 5) is 14.6. The van der Waals surface area contributed by atoms with E-state index in [0.717, 1.165) is 22.6 Å². The number of hydrogen-bond acceptors (Lipinski definition) is 4. The van der Waals surface area contributed by atoms with Crippen LogP contribution in [0.4, 0.5) is 0 Å². The molecule has 3 rings (SSSR count). The van der Waals surface area contributed by atoms with E-state index in [1.54, 1.807) is 0 Å². The smallest absolute Gasteiger partial charge is 0.271 e. The fourth-order valence-electron chi connectivity index (χ4n) is 3.37. The number of carbonyl (C=O) groups is 1. The van der Waals surface area contributed by atoms with Gasteiger partial charge in [-0.2, -0.15) is 10.2 Å². The fraction of sp³-hybridized carbons (Fsp3) is 0.562. The number of hydrogen-bond donors (Lipinski definition) is 2. The van der Waals surface area contributed by atoms with Gasteiger partial charge >= 0.3 is 0 Å². The molecular formula is C16H24N6O. The lowest BCUT2D eigenvalue weighted by molar-refractivity contribution is 0.0668. The van der Waals surface area contributed by atoms with E-state index in [1.165, 1.54) is 0 Å². The Labute approximate surface area is 136 Å². The second-order valence-electron chi connectivity index (χ2n) is 6.52. The first-order valence-corrected chi connectivity index (χ1v) is 7.98. The fourth-order valence-corrected chi connectivity index (χ4v) is 3.37. The van der Waals surface area contributed by atoms with E-state index in [4.69, 9.17) is 0 Å². The highest BCUT2D eigenvalue weighted by molar-refractivity contribution is 5.93. The molecule has 1 saturated heterocycles. The quantitative estimate of drug-likeness (QED) is 0.874. The molecule has 2 aromatic rings. The average Bonchev–Trinajstić information content (AvgIpc) is 3.03. The molecule has 1 fully saturated rings. The molecule has 0 radical (unpaired) electrons. The third-order valence-corrected chi connectivity index (χ3v) is 4.42. The van der Waals surface area contributed by atoms with Gasteiger partial charge < -0.3 is 10.2 Å². The van der Waals surface area contributed by atoms with Crippen LogP contribution in [-0.2, 0) is 7.05 Å². The van der Waals surface area contributed by atoms with Crippen molar-refractivity contribution in [3.63, 3.8) is 0 Å². The molecule has 2 unspecified atom stereocenters. The summed E-state index contributed by atoms with van der Waals surface area (Å²) in [5.41, 5.74) is 4.25. The van der Waals surface area contributed by atoms with Gasteiger partial charge in [0.15, 0.2) is 0 Å². The lowest BCUT2D eigenvalue weighted by Gasteiger charge is -2.35. The normalized spacial score (nSPS) is 21.7. The van der Waals surface area contributed by atoms with Gasteiger partial charge in [0.25, 0.3) is 5.91 Å². The third-order valence-electron chi connectivity index (χ3n) is 4.42. The van der Waals surface area contributed by atoms with E-state index < -0.39 is 0 Å². The molecular weight excluding hydrogens is 292 g/mol. The van der Waals surface area contributed by atoms with E-state index in [-0.39, 0.29) is 5.91 Å². The molecule has 23 heavy (non-hydrogen) atoms. The van der Waals surface area contributed by atoms with E-state index in [9.17, 15) is 4.79 Å². The first-order valence-electron chi connectivity index (χ1n) is 7.98. The molecule has 1 aliphatic heterocycles. The molecule has 0 spiro atoms. The summed E-state index contributed by atoms with van der Waals surface area (Å²) in [6.45, 7) is 9.57. The van der Waals surface area contributed by atoms with Crippen LogP contribution >= 0.6 is 0 Å². The second kappa shape index (κ2) is 5.81. The largest absolute Gasteiger partial charge is 0.334 e. The van der Waals surface area contributed by atoms with Gasteiger partial charge in [-0.1, -0.05) is 0 Å². The van der Waals surface area contributed by atoms with Crippen molar-refractivity contribution in [2.45, 2.75) is 39.8 Å². The highest BCUT2D eigenvalue weighted by Gasteiger charge is 2.27. The molecule has 3 heterocycles. The van der Waals surface area contributed by atoms with Gasteiger partial charge in [0.2, 0.25) is 0 Å². The molecule has 1 aliphatic rings. The van der Waals surface area contributed by atoms with Crippen molar-refractivity contribution in [2.24, 2.45) is 7.05 Å². The Hall–Kier alpha value is -2.15. The zero-order valence-electron chi connectivity index (χ0n) is 14.3. The van der Waals surface area contributed by atoms with Crippen LogP contribution in [0.15, 0.2) is 6.07 Å². The predicted molar refractivity (Wildman–Crippen MR) is 88.2 cm³/mol. The lowest BCUT2D eigenvalue weighted by Crippen LogP contribution is -2.55. The van der Waals surface area contributed by atoms with Crippen LogP contribution in [0.25, 0.3) is 11.3 Å². The van der Waals surface area contributed by atoms with Crippen LogP contribution in [0.3, 0.4) is 0 Å². The molecule has 0 aliphatic carbocycles. The van der Waals surface area contributed by atoms with Gasteiger partial charge in [0.05, 0.1) is 11.4 Å². The van der Waals surface area contributed by atoms with Gasteiger partial charge in [-0.25, -0.2) is 0 Å². The minimum absolute atomic E-state index is 0.00291. The van der Waals surface area contributed by atoms with Gasteiger partial charge in [-0.05, 0) is 33.8 Å². The molecule has 1 amide bonds. The van der Waals surface area contributed by atoms with Crippen LogP contribution in [0, 0.1) is 13.8 Å². The highest BCUT2D eigenvalue weighted by Crippen LogP contribution is 2.25. The zero-order valence-corrected chi connectivity index (χ0v) is 14.3. The van der Waals surface area contributed by atoms with Crippen LogP contribution in [-0.4, -0.2) is 56.0 Å². The van der Waals surface area contributed by atoms with E-state index in [2.05, 4.69) is 34.5 Å². The van der Waals surface area contributed by atoms with Crippen molar-refractivity contribution in [2.75, 3.05) is 13.1 Å². The summed E-state index contributed by atoms with van der Waals surface area (Å²) >= 11 is 0. The Morgan fingerprint density at radius 2 is 1.91 bits per heavy atom. The molecule has 7 heteroatoms. The van der Waals surface area contributed by atoms with Gasteiger partial charge in [0.1, 0.15) is 5.69 Å². The summed E-state index contributed by atoms with van der Waals surface area (Å²) in [7, 11) is 1.91. The molecule has 0 saturated carbocycles. The van der Waals surface area contributed by atoms with Crippen LogP contribution in [0.2, 0.25) is 0 Å². The minimum atomic E-state index is 0.00291. The van der Waals surface area contributed by atoms with Gasteiger partial charge in [-0.15, -0.1) is 0 Å². The summed E-state index contributed by atoms with van der Waals surface area (Å²) < 4.78 is 1.83. The predicted octanol–water partition coefficient (Wildman–Crippen LogP) is 1.25. The van der Waals surface area contributed by atoms with Crippen LogP contribution < -0.4 is 5.32 Å². The Bertz CT molecular complexity index is 721. The van der Waals surface area contributed by atoms with Crippen LogP contribution in [0.1, 0.15) is 35.7 Å². The molecule has 124 valence electrons. The summed E-state index contributed by atoms with van der Waals surface area (Å²) in [5, 5.41) is 15.1. The topological polar surface area (TPSA) is 78.8 Å². The molecule has 2 N–H and O–H groups in total. The Morgan fingerprint density at radius 1 is 1.26 bits per heavy atom. The van der Waals surface area contributed by atoms with Crippen molar-refractivity contribution in [3.8, 4) is 11.3 Å². The lowest BCUT2D eigenvalue weighted by atomic mass is 10.1. The second-order valence-corrected chi connectivity index (χ2v) is 6.52. The van der Waals surface area contributed by atoms with Crippen molar-refractivity contribution in [3.05, 3.63) is 23.1 Å². The van der Waals surface area contributed by atoms with Gasteiger partial charge in [0, 0.05) is 43.5 Å². The Balaban J connectivity index is 1.85. The van der Waals surface area contributed by atoms with E-state index in [1.807, 2.05) is 36.5 Å². The number of nitrogens with one attached hydrogen (secondary N) is 2. The first kappa shape index (κ1) is 15.7. The molecule has 0 bridgehead atoms. The number of aryl methyl sites for hydroxylation is 2. The first-order chi connectivity index (χ1) is 10.9. The SMILES string of the molecule is Cc1nn(C)c(C)c1-c1cc(C(=O)N2CC(C)NC(C)C2)[nH]n1. The average molecular weight is 316 g/mol. The van der Waals surface area contributed by atoms with Crippen molar-refractivity contribution in [1.82, 2.24) is 30.2 Å². The maximum atomic E-state index is 12.7. The molecule has 7 nitrogen and oxygen atoms in total. The monoisotopic (exact) mass is 316 g/mol. The zero-order chi connectivity index (χ0) is 16.7. The van der Waals surface area contributed by atoms with E-state index in [0.29, 0.717) is 30.9 Å². The Kier molecular flexibility index (Phi) is 3.97. The van der Waals surface area contributed by atoms with Crippen molar-refractivity contribution >= 4 is 5.91 Å². The van der Waals surface area contributed by atoms with Crippen LogP contribution in [0.5, 0.6) is 0 Å². The van der Waals surface area contributed by atoms with Crippen molar-refractivity contribution < 1.29 is 4.79 Å². The molecule has 2 aromatic heterocycles. The number of aromatic nitrogens is 4. The maximum Gasteiger partial charge on any atom is 0.271 e. The standard InChI is InChI=1S/C16H24N6O/c1-9-7-22(8-10(2)17-9)16(23)14-6-13(18-19-14)15-11(3)20-21(5)12(15)4/h6,9-10,17H,7-8H2,1-5H3,(H,18,19). The molecule has 2 atom stereocenters. The maximum absolute atomic E-state index is 12.7. The highest BCUT2D eigenvalue weighted by atomic mass is 16.2. The Morgan fingerprint density at radius 3 is 2.48 bits per heavy atom. The number of amides is 1. The number of carbonyl (C=O) groups excluding carboxylic acids is 1.